The van der Waals surface area contributed by atoms with Crippen molar-refractivity contribution in [2.45, 2.75) is 20.8 Å². The fourth-order valence-electron chi connectivity index (χ4n) is 3.53. The molecule has 0 bridgehead atoms. The highest BCUT2D eigenvalue weighted by atomic mass is 16.5. The summed E-state index contributed by atoms with van der Waals surface area (Å²) in [6.45, 7) is 8.89. The first-order valence-corrected chi connectivity index (χ1v) is 9.67. The third-order valence-electron chi connectivity index (χ3n) is 4.91. The second-order valence-electron chi connectivity index (χ2n) is 7.16. The molecule has 2 aromatic carbocycles. The molecule has 2 aromatic rings. The van der Waals surface area contributed by atoms with Crippen LogP contribution in [-0.4, -0.2) is 32.2 Å². The van der Waals surface area contributed by atoms with E-state index in [0.717, 1.165) is 46.8 Å². The fraction of sp³-hybridized carbons (Fsp3) is 0.304. The van der Waals surface area contributed by atoms with Crippen LogP contribution in [0.1, 0.15) is 16.7 Å². The molecule has 0 aromatic heterocycles. The Morgan fingerprint density at radius 2 is 1.79 bits per heavy atom. The largest absolute Gasteiger partial charge is 0.378 e. The van der Waals surface area contributed by atoms with E-state index < -0.39 is 5.91 Å². The topological polar surface area (TPSA) is 77.4 Å². The molecule has 1 fully saturated rings. The first-order valence-electron chi connectivity index (χ1n) is 9.67. The number of nitrogens with one attached hydrogen (secondary N) is 2. The van der Waals surface area contributed by atoms with Crippen LogP contribution in [0.3, 0.4) is 0 Å². The molecule has 0 aliphatic carbocycles. The van der Waals surface area contributed by atoms with Gasteiger partial charge in [-0.15, -0.1) is 0 Å². The Hall–Kier alpha value is -3.30. The molecule has 1 amide bonds. The lowest BCUT2D eigenvalue weighted by Crippen LogP contribution is -2.36. The number of para-hydroxylation sites is 2. The van der Waals surface area contributed by atoms with Gasteiger partial charge in [0, 0.05) is 25.0 Å². The summed E-state index contributed by atoms with van der Waals surface area (Å²) in [7, 11) is 0. The van der Waals surface area contributed by atoms with Gasteiger partial charge in [-0.05, 0) is 44.0 Å². The second kappa shape index (κ2) is 9.26. The van der Waals surface area contributed by atoms with E-state index in [2.05, 4.69) is 15.5 Å². The Balaban J connectivity index is 1.78. The minimum Gasteiger partial charge on any atom is -0.378 e. The number of hydrogen-bond donors (Lipinski definition) is 2. The van der Waals surface area contributed by atoms with Crippen LogP contribution in [0.4, 0.5) is 17.1 Å². The van der Waals surface area contributed by atoms with Crippen molar-refractivity contribution in [1.29, 1.82) is 5.26 Å². The summed E-state index contributed by atoms with van der Waals surface area (Å²) < 4.78 is 5.42. The molecule has 6 heteroatoms. The molecule has 1 saturated heterocycles. The lowest BCUT2D eigenvalue weighted by Gasteiger charge is -2.30. The Kier molecular flexibility index (Phi) is 6.53. The van der Waals surface area contributed by atoms with Gasteiger partial charge in [0.1, 0.15) is 11.6 Å². The highest BCUT2D eigenvalue weighted by Crippen LogP contribution is 2.27. The fourth-order valence-corrected chi connectivity index (χ4v) is 3.53. The Bertz CT molecular complexity index is 946. The molecule has 6 nitrogen and oxygen atoms in total. The van der Waals surface area contributed by atoms with E-state index in [4.69, 9.17) is 4.74 Å². The molecule has 150 valence electrons. The van der Waals surface area contributed by atoms with E-state index >= 15 is 0 Å². The van der Waals surface area contributed by atoms with Gasteiger partial charge in [-0.3, -0.25) is 4.79 Å². The normalized spacial score (nSPS) is 14.3. The first-order chi connectivity index (χ1) is 14.0. The SMILES string of the molecule is Cc1cc(C)c(NC(=O)/C(C#N)=C\Nc2ccccc2N2CCOCC2)c(C)c1. The quantitative estimate of drug-likeness (QED) is 0.598. The van der Waals surface area contributed by atoms with Crippen LogP contribution >= 0.6 is 0 Å². The lowest BCUT2D eigenvalue weighted by atomic mass is 10.0. The van der Waals surface area contributed by atoms with Gasteiger partial charge in [-0.2, -0.15) is 5.26 Å². The number of carbonyl (C=O) groups excluding carboxylic acids is 1. The van der Waals surface area contributed by atoms with E-state index in [1.807, 2.05) is 63.2 Å². The maximum absolute atomic E-state index is 12.7. The maximum atomic E-state index is 12.7. The number of anilines is 3. The van der Waals surface area contributed by atoms with Crippen molar-refractivity contribution >= 4 is 23.0 Å². The van der Waals surface area contributed by atoms with Gasteiger partial charge in [0.15, 0.2) is 0 Å². The highest BCUT2D eigenvalue weighted by molar-refractivity contribution is 6.07. The van der Waals surface area contributed by atoms with Gasteiger partial charge in [-0.1, -0.05) is 29.8 Å². The van der Waals surface area contributed by atoms with E-state index in [1.54, 1.807) is 0 Å². The van der Waals surface area contributed by atoms with Crippen LogP contribution in [0.2, 0.25) is 0 Å². The molecule has 3 rings (SSSR count). The number of hydrogen-bond acceptors (Lipinski definition) is 5. The number of benzene rings is 2. The van der Waals surface area contributed by atoms with Gasteiger partial charge in [0.2, 0.25) is 0 Å². The number of amides is 1. The molecule has 0 unspecified atom stereocenters. The van der Waals surface area contributed by atoms with E-state index in [1.165, 1.54) is 6.20 Å². The van der Waals surface area contributed by atoms with Gasteiger partial charge in [0.25, 0.3) is 5.91 Å². The molecule has 1 heterocycles. The van der Waals surface area contributed by atoms with E-state index in [0.29, 0.717) is 13.2 Å². The lowest BCUT2D eigenvalue weighted by molar-refractivity contribution is -0.112. The van der Waals surface area contributed by atoms with Crippen LogP contribution in [0.15, 0.2) is 48.2 Å². The Morgan fingerprint density at radius 3 is 2.45 bits per heavy atom. The smallest absolute Gasteiger partial charge is 0.267 e. The standard InChI is InChI=1S/C23H26N4O2/c1-16-12-17(2)22(18(3)13-16)26-23(28)19(14-24)15-25-20-6-4-5-7-21(20)27-8-10-29-11-9-27/h4-7,12-13,15,25H,8-11H2,1-3H3,(H,26,28)/b19-15-. The molecule has 0 saturated carbocycles. The highest BCUT2D eigenvalue weighted by Gasteiger charge is 2.16. The van der Waals surface area contributed by atoms with Crippen LogP contribution in [0.5, 0.6) is 0 Å². The Labute approximate surface area is 171 Å². The number of aryl methyl sites for hydroxylation is 3. The number of rotatable bonds is 5. The zero-order valence-electron chi connectivity index (χ0n) is 17.1. The van der Waals surface area contributed by atoms with Gasteiger partial charge in [0.05, 0.1) is 24.6 Å². The predicted molar refractivity (Wildman–Crippen MR) is 116 cm³/mol. The van der Waals surface area contributed by atoms with Crippen LogP contribution in [0, 0.1) is 32.1 Å². The molecule has 0 atom stereocenters. The van der Waals surface area contributed by atoms with Crippen molar-refractivity contribution in [3.63, 3.8) is 0 Å². The molecule has 0 spiro atoms. The van der Waals surface area contributed by atoms with Crippen molar-refractivity contribution in [3.05, 3.63) is 64.9 Å². The van der Waals surface area contributed by atoms with E-state index in [9.17, 15) is 10.1 Å². The summed E-state index contributed by atoms with van der Waals surface area (Å²) in [5.41, 5.74) is 5.71. The second-order valence-corrected chi connectivity index (χ2v) is 7.16. The number of ether oxygens (including phenoxy) is 1. The predicted octanol–water partition coefficient (Wildman–Crippen LogP) is 3.91. The summed E-state index contributed by atoms with van der Waals surface area (Å²) in [5, 5.41) is 15.5. The minimum atomic E-state index is -0.432. The molecule has 0 radical (unpaired) electrons. The summed E-state index contributed by atoms with van der Waals surface area (Å²) in [4.78, 5) is 14.9. The van der Waals surface area contributed by atoms with Crippen LogP contribution < -0.4 is 15.5 Å². The molecule has 1 aliphatic rings. The molecule has 29 heavy (non-hydrogen) atoms. The molecule has 2 N–H and O–H groups in total. The molecular formula is C23H26N4O2. The third-order valence-corrected chi connectivity index (χ3v) is 4.91. The van der Waals surface area contributed by atoms with Crippen molar-refractivity contribution in [1.82, 2.24) is 0 Å². The minimum absolute atomic E-state index is 0.0150. The number of nitriles is 1. The van der Waals surface area contributed by atoms with Crippen molar-refractivity contribution < 1.29 is 9.53 Å². The molecular weight excluding hydrogens is 364 g/mol. The van der Waals surface area contributed by atoms with E-state index in [-0.39, 0.29) is 5.57 Å². The summed E-state index contributed by atoms with van der Waals surface area (Å²) in [6.07, 6.45) is 1.47. The van der Waals surface area contributed by atoms with Crippen molar-refractivity contribution in [3.8, 4) is 6.07 Å². The van der Waals surface area contributed by atoms with Gasteiger partial charge < -0.3 is 20.3 Å². The number of carbonyl (C=O) groups is 1. The van der Waals surface area contributed by atoms with Gasteiger partial charge >= 0.3 is 0 Å². The average Bonchev–Trinajstić information content (AvgIpc) is 2.72. The van der Waals surface area contributed by atoms with Crippen molar-refractivity contribution in [2.24, 2.45) is 0 Å². The average molecular weight is 390 g/mol. The summed E-state index contributed by atoms with van der Waals surface area (Å²) >= 11 is 0. The van der Waals surface area contributed by atoms with Crippen molar-refractivity contribution in [2.75, 3.05) is 41.8 Å². The third kappa shape index (κ3) is 4.95. The zero-order valence-corrected chi connectivity index (χ0v) is 17.1. The first kappa shape index (κ1) is 20.4. The number of nitrogens with zero attached hydrogens (tertiary/aromatic N) is 2. The zero-order chi connectivity index (χ0) is 20.8. The Morgan fingerprint density at radius 1 is 1.14 bits per heavy atom. The summed E-state index contributed by atoms with van der Waals surface area (Å²) in [6, 6.07) is 13.9. The van der Waals surface area contributed by atoms with Crippen LogP contribution in [0.25, 0.3) is 0 Å². The van der Waals surface area contributed by atoms with Crippen LogP contribution in [-0.2, 0) is 9.53 Å². The monoisotopic (exact) mass is 390 g/mol. The van der Waals surface area contributed by atoms with Gasteiger partial charge in [-0.25, -0.2) is 0 Å². The summed E-state index contributed by atoms with van der Waals surface area (Å²) in [5.74, 6) is -0.432. The molecule has 1 aliphatic heterocycles. The number of morpholine rings is 1. The maximum Gasteiger partial charge on any atom is 0.267 e.